The van der Waals surface area contributed by atoms with Crippen molar-refractivity contribution in [1.82, 2.24) is 0 Å². The minimum absolute atomic E-state index is 0.0525. The largest absolute Gasteiger partial charge is 0.507 e. The Labute approximate surface area is 190 Å². The van der Waals surface area contributed by atoms with E-state index >= 15 is 0 Å². The molecular formula is C26H36O6. The first kappa shape index (κ1) is 24.3. The Kier molecular flexibility index (Phi) is 6.01. The molecule has 2 unspecified atom stereocenters. The van der Waals surface area contributed by atoms with Gasteiger partial charge in [-0.2, -0.15) is 0 Å². The summed E-state index contributed by atoms with van der Waals surface area (Å²) in [5.74, 6) is -0.726. The van der Waals surface area contributed by atoms with Crippen molar-refractivity contribution in [1.29, 1.82) is 0 Å². The molecule has 0 radical (unpaired) electrons. The van der Waals surface area contributed by atoms with Crippen LogP contribution in [0, 0.1) is 22.7 Å². The van der Waals surface area contributed by atoms with E-state index in [-0.39, 0.29) is 46.2 Å². The van der Waals surface area contributed by atoms with E-state index in [2.05, 4.69) is 0 Å². The van der Waals surface area contributed by atoms with Crippen LogP contribution in [0.3, 0.4) is 0 Å². The fourth-order valence-corrected chi connectivity index (χ4v) is 5.20. The van der Waals surface area contributed by atoms with Gasteiger partial charge in [-0.1, -0.05) is 27.7 Å². The summed E-state index contributed by atoms with van der Waals surface area (Å²) in [6.07, 6.45) is -0.164. The second-order valence-electron chi connectivity index (χ2n) is 11.2. The number of hydrogen-bond acceptors (Lipinski definition) is 6. The number of Topliss-reactive ketones (excluding diaryl/α,β-unsaturated/α-hetero) is 2. The molecule has 1 aliphatic carbocycles. The van der Waals surface area contributed by atoms with Crippen LogP contribution in [-0.2, 0) is 9.59 Å². The molecule has 2 atom stereocenters. The van der Waals surface area contributed by atoms with Crippen LogP contribution in [0.1, 0.15) is 91.4 Å². The Morgan fingerprint density at radius 2 is 1.59 bits per heavy atom. The lowest BCUT2D eigenvalue weighted by Crippen LogP contribution is -2.51. The van der Waals surface area contributed by atoms with Gasteiger partial charge in [0.15, 0.2) is 11.6 Å². The number of carbonyl (C=O) groups excluding carboxylic acids is 2. The van der Waals surface area contributed by atoms with Crippen molar-refractivity contribution in [2.75, 3.05) is 0 Å². The summed E-state index contributed by atoms with van der Waals surface area (Å²) < 4.78 is 6.11. The first-order valence-corrected chi connectivity index (χ1v) is 11.4. The third-order valence-corrected chi connectivity index (χ3v) is 6.72. The monoisotopic (exact) mass is 444 g/mol. The number of allylic oxidation sites excluding steroid dienone is 2. The average Bonchev–Trinajstić information content (AvgIpc) is 2.64. The van der Waals surface area contributed by atoms with E-state index in [1.54, 1.807) is 27.7 Å². The quantitative estimate of drug-likeness (QED) is 0.542. The van der Waals surface area contributed by atoms with Crippen LogP contribution in [0.15, 0.2) is 17.4 Å². The van der Waals surface area contributed by atoms with Crippen molar-refractivity contribution < 1.29 is 29.6 Å². The second kappa shape index (κ2) is 7.91. The van der Waals surface area contributed by atoms with Crippen molar-refractivity contribution in [3.05, 3.63) is 28.5 Å². The van der Waals surface area contributed by atoms with Crippen LogP contribution < -0.4 is 4.74 Å². The fraction of sp³-hybridized carbons (Fsp3) is 0.615. The molecular weight excluding hydrogens is 408 g/mol. The van der Waals surface area contributed by atoms with Gasteiger partial charge in [0.2, 0.25) is 0 Å². The molecule has 1 aromatic carbocycles. The van der Waals surface area contributed by atoms with Crippen molar-refractivity contribution in [2.24, 2.45) is 22.7 Å². The number of ketones is 2. The molecule has 32 heavy (non-hydrogen) atoms. The number of rotatable bonds is 5. The van der Waals surface area contributed by atoms with Gasteiger partial charge in [0, 0.05) is 23.1 Å². The molecule has 0 amide bonds. The summed E-state index contributed by atoms with van der Waals surface area (Å²) in [4.78, 5) is 26.8. The molecule has 1 heterocycles. The lowest BCUT2D eigenvalue weighted by atomic mass is 9.59. The number of aromatic hydroxyl groups is 2. The predicted octanol–water partition coefficient (Wildman–Crippen LogP) is 5.16. The zero-order valence-corrected chi connectivity index (χ0v) is 20.4. The highest BCUT2D eigenvalue weighted by atomic mass is 16.5. The Balaban J connectivity index is 2.31. The summed E-state index contributed by atoms with van der Waals surface area (Å²) in [7, 11) is 0. The maximum atomic E-state index is 13.6. The lowest BCUT2D eigenvalue weighted by Gasteiger charge is -2.45. The summed E-state index contributed by atoms with van der Waals surface area (Å²) in [6.45, 7) is 14.7. The number of ether oxygens (including phenoxy) is 1. The van der Waals surface area contributed by atoms with E-state index in [1.165, 1.54) is 6.07 Å². The molecule has 0 spiro atoms. The van der Waals surface area contributed by atoms with Crippen molar-refractivity contribution >= 4 is 11.6 Å². The predicted molar refractivity (Wildman–Crippen MR) is 122 cm³/mol. The number of benzene rings is 1. The molecule has 0 saturated heterocycles. The number of carbonyl (C=O) groups is 2. The molecule has 0 saturated carbocycles. The molecule has 6 nitrogen and oxygen atoms in total. The summed E-state index contributed by atoms with van der Waals surface area (Å²) in [5.41, 5.74) is -1.41. The molecule has 1 aliphatic heterocycles. The maximum Gasteiger partial charge on any atom is 0.175 e. The van der Waals surface area contributed by atoms with E-state index in [0.29, 0.717) is 29.7 Å². The highest BCUT2D eigenvalue weighted by Crippen LogP contribution is 2.58. The number of aliphatic hydroxyl groups excluding tert-OH is 1. The number of fused-ring (bicyclic) bond motifs is 1. The van der Waals surface area contributed by atoms with E-state index < -0.39 is 22.9 Å². The van der Waals surface area contributed by atoms with Gasteiger partial charge < -0.3 is 20.1 Å². The highest BCUT2D eigenvalue weighted by Gasteiger charge is 2.57. The lowest BCUT2D eigenvalue weighted by molar-refractivity contribution is -0.144. The average molecular weight is 445 g/mol. The van der Waals surface area contributed by atoms with E-state index in [9.17, 15) is 24.9 Å². The molecule has 0 aromatic heterocycles. The van der Waals surface area contributed by atoms with E-state index in [0.717, 1.165) is 0 Å². The standard InChI is InChI=1S/C26H36O6/c1-12(2)9-14-18-17(11-16(28)20(21(18)29)15(27)10-13(3)4)32-23-19(14)22(30)25(5,6)24(31)26(23,7)8/h11-15,27-29H,9-10H2,1-8H3. The number of phenols is 2. The molecule has 0 bridgehead atoms. The van der Waals surface area contributed by atoms with Gasteiger partial charge >= 0.3 is 0 Å². The summed E-state index contributed by atoms with van der Waals surface area (Å²) in [6, 6.07) is 1.38. The number of hydrogen-bond donors (Lipinski definition) is 3. The van der Waals surface area contributed by atoms with Crippen molar-refractivity contribution in [2.45, 2.75) is 80.3 Å². The third kappa shape index (κ3) is 3.62. The minimum Gasteiger partial charge on any atom is -0.507 e. The van der Waals surface area contributed by atoms with Crippen LogP contribution in [-0.4, -0.2) is 26.9 Å². The van der Waals surface area contributed by atoms with Gasteiger partial charge in [0.25, 0.3) is 0 Å². The molecule has 6 heteroatoms. The normalized spacial score (nSPS) is 22.7. The van der Waals surface area contributed by atoms with Gasteiger partial charge in [0.1, 0.15) is 23.0 Å². The Morgan fingerprint density at radius 3 is 2.12 bits per heavy atom. The first-order chi connectivity index (χ1) is 14.6. The first-order valence-electron chi connectivity index (χ1n) is 11.4. The molecule has 0 fully saturated rings. The number of aliphatic hydroxyl groups is 1. The Morgan fingerprint density at radius 1 is 1.00 bits per heavy atom. The van der Waals surface area contributed by atoms with Crippen LogP contribution in [0.5, 0.6) is 17.2 Å². The van der Waals surface area contributed by atoms with Crippen molar-refractivity contribution in [3.63, 3.8) is 0 Å². The van der Waals surface area contributed by atoms with Gasteiger partial charge in [-0.15, -0.1) is 0 Å². The zero-order valence-electron chi connectivity index (χ0n) is 20.4. The van der Waals surface area contributed by atoms with Gasteiger partial charge in [0.05, 0.1) is 22.5 Å². The molecule has 2 aliphatic rings. The maximum absolute atomic E-state index is 13.6. The van der Waals surface area contributed by atoms with Gasteiger partial charge in [-0.3, -0.25) is 9.59 Å². The van der Waals surface area contributed by atoms with Crippen LogP contribution in [0.4, 0.5) is 0 Å². The Bertz CT molecular complexity index is 996. The summed E-state index contributed by atoms with van der Waals surface area (Å²) >= 11 is 0. The highest BCUT2D eigenvalue weighted by molar-refractivity contribution is 6.19. The third-order valence-electron chi connectivity index (χ3n) is 6.72. The SMILES string of the molecule is CC(C)CC(O)c1c(O)cc2c(c1O)C(CC(C)C)C1=C(O2)C(C)(C)C(=O)C(C)(C)C1=O. The molecule has 3 rings (SSSR count). The zero-order chi connectivity index (χ0) is 24.3. The minimum atomic E-state index is -1.22. The molecule has 3 N–H and O–H groups in total. The molecule has 1 aromatic rings. The van der Waals surface area contributed by atoms with Crippen LogP contribution in [0.2, 0.25) is 0 Å². The smallest absolute Gasteiger partial charge is 0.175 e. The topological polar surface area (TPSA) is 104 Å². The molecule has 176 valence electrons. The van der Waals surface area contributed by atoms with E-state index in [1.807, 2.05) is 27.7 Å². The fourth-order valence-electron chi connectivity index (χ4n) is 5.20. The van der Waals surface area contributed by atoms with Crippen LogP contribution >= 0.6 is 0 Å². The van der Waals surface area contributed by atoms with Crippen molar-refractivity contribution in [3.8, 4) is 17.2 Å². The van der Waals surface area contributed by atoms with Gasteiger partial charge in [-0.25, -0.2) is 0 Å². The van der Waals surface area contributed by atoms with Gasteiger partial charge in [-0.05, 0) is 52.4 Å². The number of phenolic OH excluding ortho intramolecular Hbond substituents is 2. The van der Waals surface area contributed by atoms with Crippen LogP contribution in [0.25, 0.3) is 0 Å². The second-order valence-corrected chi connectivity index (χ2v) is 11.2. The van der Waals surface area contributed by atoms with E-state index in [4.69, 9.17) is 4.74 Å². The summed E-state index contributed by atoms with van der Waals surface area (Å²) in [5, 5.41) is 32.7. The Hall–Kier alpha value is -2.34.